The Balaban J connectivity index is 2.04. The Kier molecular flexibility index (Phi) is 5.70. The molecule has 0 bridgehead atoms. The van der Waals surface area contributed by atoms with Crippen molar-refractivity contribution in [2.75, 3.05) is 11.9 Å². The van der Waals surface area contributed by atoms with E-state index in [-0.39, 0.29) is 23.2 Å². The fraction of sp³-hybridized carbons (Fsp3) is 0.312. The molecule has 0 spiro atoms. The number of aryl methyl sites for hydroxylation is 1. The summed E-state index contributed by atoms with van der Waals surface area (Å²) < 4.78 is 1.41. The van der Waals surface area contributed by atoms with E-state index >= 15 is 0 Å². The molecule has 2 aromatic rings. The van der Waals surface area contributed by atoms with Crippen molar-refractivity contribution in [2.45, 2.75) is 26.8 Å². The zero-order valence-corrected chi connectivity index (χ0v) is 13.9. The SMILES string of the molecule is CCCNC(=O)c1cccc(NC(=O)Cn2c(C)csc2=O)c1. The van der Waals surface area contributed by atoms with Gasteiger partial charge >= 0.3 is 4.87 Å². The highest BCUT2D eigenvalue weighted by Crippen LogP contribution is 2.11. The zero-order chi connectivity index (χ0) is 16.8. The van der Waals surface area contributed by atoms with Gasteiger partial charge in [-0.25, -0.2) is 0 Å². The van der Waals surface area contributed by atoms with Crippen molar-refractivity contribution < 1.29 is 9.59 Å². The number of carbonyl (C=O) groups is 2. The molecule has 0 radical (unpaired) electrons. The molecule has 0 aliphatic rings. The third kappa shape index (κ3) is 4.53. The van der Waals surface area contributed by atoms with Crippen LogP contribution in [0.4, 0.5) is 5.69 Å². The average Bonchev–Trinajstić information content (AvgIpc) is 2.84. The van der Waals surface area contributed by atoms with E-state index in [0.29, 0.717) is 17.8 Å². The van der Waals surface area contributed by atoms with E-state index in [2.05, 4.69) is 10.6 Å². The van der Waals surface area contributed by atoms with Gasteiger partial charge in [-0.15, -0.1) is 0 Å². The van der Waals surface area contributed by atoms with Crippen molar-refractivity contribution in [3.8, 4) is 0 Å². The first-order chi connectivity index (χ1) is 11.0. The normalized spacial score (nSPS) is 10.3. The van der Waals surface area contributed by atoms with Gasteiger partial charge in [0.1, 0.15) is 6.54 Å². The summed E-state index contributed by atoms with van der Waals surface area (Å²) in [7, 11) is 0. The number of benzene rings is 1. The third-order valence-corrected chi connectivity index (χ3v) is 4.10. The van der Waals surface area contributed by atoms with Crippen LogP contribution in [0, 0.1) is 6.92 Å². The summed E-state index contributed by atoms with van der Waals surface area (Å²) in [5.41, 5.74) is 1.77. The van der Waals surface area contributed by atoms with E-state index in [9.17, 15) is 14.4 Å². The summed E-state index contributed by atoms with van der Waals surface area (Å²) >= 11 is 1.07. The number of anilines is 1. The summed E-state index contributed by atoms with van der Waals surface area (Å²) in [5.74, 6) is -0.479. The van der Waals surface area contributed by atoms with Gasteiger partial charge in [0, 0.05) is 28.9 Å². The molecule has 1 aromatic carbocycles. The number of nitrogens with one attached hydrogen (secondary N) is 2. The van der Waals surface area contributed by atoms with Crippen molar-refractivity contribution in [3.05, 3.63) is 50.6 Å². The lowest BCUT2D eigenvalue weighted by Crippen LogP contribution is -2.26. The first-order valence-corrected chi connectivity index (χ1v) is 8.22. The van der Waals surface area contributed by atoms with Gasteiger partial charge in [0.15, 0.2) is 0 Å². The number of aromatic nitrogens is 1. The van der Waals surface area contributed by atoms with Crippen molar-refractivity contribution in [3.63, 3.8) is 0 Å². The minimum atomic E-state index is -0.306. The van der Waals surface area contributed by atoms with Crippen LogP contribution in [0.5, 0.6) is 0 Å². The van der Waals surface area contributed by atoms with E-state index < -0.39 is 0 Å². The van der Waals surface area contributed by atoms with E-state index in [1.165, 1.54) is 4.57 Å². The summed E-state index contributed by atoms with van der Waals surface area (Å²) in [6.45, 7) is 4.32. The summed E-state index contributed by atoms with van der Waals surface area (Å²) in [6, 6.07) is 6.72. The second-order valence-electron chi connectivity index (χ2n) is 5.11. The molecule has 0 atom stereocenters. The Morgan fingerprint density at radius 1 is 1.30 bits per heavy atom. The fourth-order valence-corrected chi connectivity index (χ4v) is 2.75. The quantitative estimate of drug-likeness (QED) is 0.848. The van der Waals surface area contributed by atoms with Crippen LogP contribution in [0.3, 0.4) is 0 Å². The Morgan fingerprint density at radius 3 is 2.74 bits per heavy atom. The largest absolute Gasteiger partial charge is 0.352 e. The number of amides is 2. The minimum absolute atomic E-state index is 0.0412. The molecule has 1 aromatic heterocycles. The molecule has 2 amide bonds. The molecule has 23 heavy (non-hydrogen) atoms. The van der Waals surface area contributed by atoms with Crippen LogP contribution in [0.15, 0.2) is 34.4 Å². The zero-order valence-electron chi connectivity index (χ0n) is 13.1. The van der Waals surface area contributed by atoms with Gasteiger partial charge in [0.2, 0.25) is 5.91 Å². The molecular formula is C16H19N3O3S. The fourth-order valence-electron chi connectivity index (χ4n) is 2.02. The highest BCUT2D eigenvalue weighted by atomic mass is 32.1. The van der Waals surface area contributed by atoms with Crippen molar-refractivity contribution in [1.82, 2.24) is 9.88 Å². The summed E-state index contributed by atoms with van der Waals surface area (Å²) in [6.07, 6.45) is 0.858. The van der Waals surface area contributed by atoms with E-state index in [1.54, 1.807) is 36.6 Å². The van der Waals surface area contributed by atoms with Gasteiger partial charge < -0.3 is 10.6 Å². The first kappa shape index (κ1) is 17.0. The molecule has 7 heteroatoms. The summed E-state index contributed by atoms with van der Waals surface area (Å²) in [5, 5.41) is 7.21. The maximum atomic E-state index is 12.1. The smallest absolute Gasteiger partial charge is 0.307 e. The van der Waals surface area contributed by atoms with Crippen molar-refractivity contribution in [2.24, 2.45) is 0 Å². The van der Waals surface area contributed by atoms with E-state index in [0.717, 1.165) is 23.5 Å². The predicted molar refractivity (Wildman–Crippen MR) is 91.0 cm³/mol. The molecule has 2 rings (SSSR count). The molecule has 6 nitrogen and oxygen atoms in total. The van der Waals surface area contributed by atoms with E-state index in [1.807, 2.05) is 6.92 Å². The van der Waals surface area contributed by atoms with Gasteiger partial charge in [-0.1, -0.05) is 24.3 Å². The Hall–Kier alpha value is -2.41. The van der Waals surface area contributed by atoms with Crippen molar-refractivity contribution in [1.29, 1.82) is 0 Å². The van der Waals surface area contributed by atoms with Crippen molar-refractivity contribution >= 4 is 28.8 Å². The number of carbonyl (C=O) groups excluding carboxylic acids is 2. The molecule has 2 N–H and O–H groups in total. The van der Waals surface area contributed by atoms with Crippen LogP contribution < -0.4 is 15.5 Å². The molecule has 0 unspecified atom stereocenters. The molecular weight excluding hydrogens is 314 g/mol. The predicted octanol–water partition coefficient (Wildman–Crippen LogP) is 2.00. The lowest BCUT2D eigenvalue weighted by Gasteiger charge is -2.09. The third-order valence-electron chi connectivity index (χ3n) is 3.22. The highest BCUT2D eigenvalue weighted by Gasteiger charge is 2.10. The minimum Gasteiger partial charge on any atom is -0.352 e. The van der Waals surface area contributed by atoms with E-state index in [4.69, 9.17) is 0 Å². The lowest BCUT2D eigenvalue weighted by atomic mass is 10.2. The first-order valence-electron chi connectivity index (χ1n) is 7.34. The average molecular weight is 333 g/mol. The number of rotatable bonds is 6. The second-order valence-corrected chi connectivity index (χ2v) is 5.93. The van der Waals surface area contributed by atoms with Crippen LogP contribution in [0.1, 0.15) is 29.4 Å². The van der Waals surface area contributed by atoms with Crippen LogP contribution in [-0.2, 0) is 11.3 Å². The topological polar surface area (TPSA) is 80.2 Å². The van der Waals surface area contributed by atoms with Crippen LogP contribution in [0.25, 0.3) is 0 Å². The Morgan fingerprint density at radius 2 is 2.09 bits per heavy atom. The molecule has 0 saturated heterocycles. The number of hydrogen-bond donors (Lipinski definition) is 2. The maximum Gasteiger partial charge on any atom is 0.307 e. The molecule has 1 heterocycles. The van der Waals surface area contributed by atoms with Gasteiger partial charge in [0.05, 0.1) is 0 Å². The second kappa shape index (κ2) is 7.73. The molecule has 0 saturated carbocycles. The Labute approximate surface area is 138 Å². The van der Waals surface area contributed by atoms with Gasteiger partial charge in [-0.3, -0.25) is 19.0 Å². The van der Waals surface area contributed by atoms with Crippen LogP contribution in [-0.4, -0.2) is 22.9 Å². The standard InChI is InChI=1S/C16H19N3O3S/c1-3-7-17-15(21)12-5-4-6-13(8-12)18-14(20)9-19-11(2)10-23-16(19)22/h4-6,8,10H,3,7,9H2,1-2H3,(H,17,21)(H,18,20). The number of thiazole rings is 1. The van der Waals surface area contributed by atoms with Crippen LogP contribution >= 0.6 is 11.3 Å². The van der Waals surface area contributed by atoms with Crippen LogP contribution in [0.2, 0.25) is 0 Å². The monoisotopic (exact) mass is 333 g/mol. The molecule has 0 aliphatic carbocycles. The number of nitrogens with zero attached hydrogens (tertiary/aromatic N) is 1. The number of hydrogen-bond acceptors (Lipinski definition) is 4. The maximum absolute atomic E-state index is 12.1. The molecule has 0 aliphatic heterocycles. The summed E-state index contributed by atoms with van der Waals surface area (Å²) in [4.78, 5) is 35.4. The molecule has 0 fully saturated rings. The Bertz CT molecular complexity index is 764. The van der Waals surface area contributed by atoms with Gasteiger partial charge in [-0.05, 0) is 31.5 Å². The van der Waals surface area contributed by atoms with Gasteiger partial charge in [-0.2, -0.15) is 0 Å². The lowest BCUT2D eigenvalue weighted by molar-refractivity contribution is -0.116. The highest BCUT2D eigenvalue weighted by molar-refractivity contribution is 7.07. The molecule has 122 valence electrons. The van der Waals surface area contributed by atoms with Gasteiger partial charge in [0.25, 0.3) is 5.91 Å².